The van der Waals surface area contributed by atoms with Crippen molar-refractivity contribution in [2.24, 2.45) is 0 Å². The third-order valence-corrected chi connectivity index (χ3v) is 5.51. The maximum absolute atomic E-state index is 12.2. The van der Waals surface area contributed by atoms with Crippen molar-refractivity contribution in [2.45, 2.75) is 32.9 Å². The van der Waals surface area contributed by atoms with E-state index in [1.54, 1.807) is 0 Å². The van der Waals surface area contributed by atoms with E-state index in [2.05, 4.69) is 68.9 Å². The number of H-pyrrole nitrogens is 1. The van der Waals surface area contributed by atoms with Gasteiger partial charge in [-0.3, -0.25) is 14.8 Å². The quantitative estimate of drug-likeness (QED) is 0.717. The smallest absolute Gasteiger partial charge is 0.237 e. The van der Waals surface area contributed by atoms with Crippen molar-refractivity contribution in [1.29, 1.82) is 0 Å². The molecule has 2 heterocycles. The topological polar surface area (TPSA) is 61.0 Å². The lowest BCUT2D eigenvalue weighted by Gasteiger charge is -2.31. The Morgan fingerprint density at radius 1 is 1.11 bits per heavy atom. The molecule has 1 aromatic heterocycles. The van der Waals surface area contributed by atoms with Gasteiger partial charge in [-0.1, -0.05) is 54.6 Å². The molecule has 0 unspecified atom stereocenters. The van der Waals surface area contributed by atoms with Crippen LogP contribution in [-0.2, 0) is 17.8 Å². The Morgan fingerprint density at radius 2 is 1.79 bits per heavy atom. The number of aromatic amines is 1. The number of carbonyl (C=O) groups is 1. The van der Waals surface area contributed by atoms with E-state index in [1.165, 1.54) is 22.4 Å². The number of rotatable bonds is 5. The van der Waals surface area contributed by atoms with Crippen LogP contribution in [0.2, 0.25) is 0 Å². The van der Waals surface area contributed by atoms with Crippen molar-refractivity contribution in [1.82, 2.24) is 20.4 Å². The van der Waals surface area contributed by atoms with Crippen molar-refractivity contribution in [3.8, 4) is 22.4 Å². The van der Waals surface area contributed by atoms with Gasteiger partial charge in [0.2, 0.25) is 5.91 Å². The van der Waals surface area contributed by atoms with Gasteiger partial charge in [-0.25, -0.2) is 0 Å². The molecule has 2 aromatic carbocycles. The molecule has 1 aliphatic rings. The summed E-state index contributed by atoms with van der Waals surface area (Å²) in [5, 5.41) is 10.7. The molecule has 0 fully saturated rings. The molecule has 144 valence electrons. The van der Waals surface area contributed by atoms with Gasteiger partial charge in [0.15, 0.2) is 0 Å². The summed E-state index contributed by atoms with van der Waals surface area (Å²) in [6, 6.07) is 18.8. The first kappa shape index (κ1) is 18.4. The summed E-state index contributed by atoms with van der Waals surface area (Å²) in [7, 11) is 0. The highest BCUT2D eigenvalue weighted by Gasteiger charge is 2.28. The number of likely N-dealkylation sites (N-methyl/N-ethyl adjacent to an activating group) is 1. The highest BCUT2D eigenvalue weighted by atomic mass is 16.2. The van der Waals surface area contributed by atoms with Crippen LogP contribution in [-0.4, -0.2) is 40.1 Å². The largest absolute Gasteiger partial charge is 0.355 e. The highest BCUT2D eigenvalue weighted by Crippen LogP contribution is 2.30. The van der Waals surface area contributed by atoms with E-state index >= 15 is 0 Å². The number of hydrogen-bond donors (Lipinski definition) is 2. The zero-order chi connectivity index (χ0) is 19.5. The first-order chi connectivity index (χ1) is 13.7. The Balaban J connectivity index is 1.57. The standard InChI is InChI=1S/C23H26N4O/c1-3-24-23(28)16(2)27-14-13-21-20(15-27)22(26-25-21)19-11-9-18(10-12-19)17-7-5-4-6-8-17/h4-12,16H,3,13-15H2,1-2H3,(H,24,28)(H,25,26)/t16-/m0/s1. The molecule has 4 rings (SSSR count). The number of amides is 1. The van der Waals surface area contributed by atoms with E-state index in [-0.39, 0.29) is 11.9 Å². The van der Waals surface area contributed by atoms with E-state index in [1.807, 2.05) is 19.9 Å². The van der Waals surface area contributed by atoms with Crippen LogP contribution in [0.4, 0.5) is 0 Å². The predicted octanol–water partition coefficient (Wildman–Crippen LogP) is 3.63. The Hall–Kier alpha value is -2.92. The Labute approximate surface area is 165 Å². The van der Waals surface area contributed by atoms with Crippen LogP contribution >= 0.6 is 0 Å². The van der Waals surface area contributed by atoms with Crippen LogP contribution in [0.25, 0.3) is 22.4 Å². The van der Waals surface area contributed by atoms with E-state index in [0.717, 1.165) is 30.8 Å². The molecular weight excluding hydrogens is 348 g/mol. The average molecular weight is 374 g/mol. The van der Waals surface area contributed by atoms with Crippen molar-refractivity contribution in [2.75, 3.05) is 13.1 Å². The molecule has 1 aliphatic heterocycles. The first-order valence-electron chi connectivity index (χ1n) is 9.91. The zero-order valence-corrected chi connectivity index (χ0v) is 16.4. The van der Waals surface area contributed by atoms with Crippen LogP contribution in [0.15, 0.2) is 54.6 Å². The summed E-state index contributed by atoms with van der Waals surface area (Å²) >= 11 is 0. The third kappa shape index (κ3) is 3.58. The normalized spacial score (nSPS) is 15.1. The van der Waals surface area contributed by atoms with Gasteiger partial charge in [0.1, 0.15) is 0 Å². The van der Waals surface area contributed by atoms with Crippen LogP contribution in [0.5, 0.6) is 0 Å². The second-order valence-electron chi connectivity index (χ2n) is 7.26. The van der Waals surface area contributed by atoms with Crippen molar-refractivity contribution < 1.29 is 4.79 Å². The predicted molar refractivity (Wildman–Crippen MR) is 112 cm³/mol. The second-order valence-corrected chi connectivity index (χ2v) is 7.26. The summed E-state index contributed by atoms with van der Waals surface area (Å²) in [5.41, 5.74) is 6.88. The minimum absolute atomic E-state index is 0.0863. The molecule has 2 N–H and O–H groups in total. The van der Waals surface area contributed by atoms with E-state index in [9.17, 15) is 4.79 Å². The molecule has 0 saturated heterocycles. The van der Waals surface area contributed by atoms with Gasteiger partial charge in [-0.05, 0) is 25.0 Å². The van der Waals surface area contributed by atoms with Crippen molar-refractivity contribution >= 4 is 5.91 Å². The molecular formula is C23H26N4O. The molecule has 28 heavy (non-hydrogen) atoms. The number of hydrogen-bond acceptors (Lipinski definition) is 3. The van der Waals surface area contributed by atoms with Crippen molar-refractivity contribution in [3.05, 3.63) is 65.9 Å². The summed E-state index contributed by atoms with van der Waals surface area (Å²) in [5.74, 6) is 0.0863. The summed E-state index contributed by atoms with van der Waals surface area (Å²) in [6.45, 7) is 6.18. The summed E-state index contributed by atoms with van der Waals surface area (Å²) in [6.07, 6.45) is 0.883. The number of aromatic nitrogens is 2. The number of fused-ring (bicyclic) bond motifs is 1. The lowest BCUT2D eigenvalue weighted by Crippen LogP contribution is -2.46. The summed E-state index contributed by atoms with van der Waals surface area (Å²) < 4.78 is 0. The fourth-order valence-electron chi connectivity index (χ4n) is 3.82. The van der Waals surface area contributed by atoms with Gasteiger partial charge in [-0.2, -0.15) is 5.10 Å². The van der Waals surface area contributed by atoms with Crippen LogP contribution in [0, 0.1) is 0 Å². The van der Waals surface area contributed by atoms with Crippen LogP contribution in [0.1, 0.15) is 25.1 Å². The highest BCUT2D eigenvalue weighted by molar-refractivity contribution is 5.81. The SMILES string of the molecule is CCNC(=O)[C@H](C)N1CCc2[nH]nc(-c3ccc(-c4ccccc4)cc3)c2C1. The monoisotopic (exact) mass is 374 g/mol. The number of nitrogens with zero attached hydrogens (tertiary/aromatic N) is 2. The Bertz CT molecular complexity index is 946. The van der Waals surface area contributed by atoms with E-state index in [0.29, 0.717) is 6.54 Å². The van der Waals surface area contributed by atoms with Crippen molar-refractivity contribution in [3.63, 3.8) is 0 Å². The zero-order valence-electron chi connectivity index (χ0n) is 16.4. The first-order valence-corrected chi connectivity index (χ1v) is 9.91. The van der Waals surface area contributed by atoms with Gasteiger partial charge in [0.05, 0.1) is 11.7 Å². The molecule has 1 atom stereocenters. The average Bonchev–Trinajstić information content (AvgIpc) is 3.17. The molecule has 0 radical (unpaired) electrons. The minimum atomic E-state index is -0.142. The van der Waals surface area contributed by atoms with Crippen LogP contribution < -0.4 is 5.32 Å². The molecule has 0 spiro atoms. The minimum Gasteiger partial charge on any atom is -0.355 e. The number of benzene rings is 2. The van der Waals surface area contributed by atoms with Crippen LogP contribution in [0.3, 0.4) is 0 Å². The molecule has 0 aliphatic carbocycles. The molecule has 5 nitrogen and oxygen atoms in total. The van der Waals surface area contributed by atoms with Gasteiger partial charge in [0.25, 0.3) is 0 Å². The fraction of sp³-hybridized carbons (Fsp3) is 0.304. The molecule has 0 bridgehead atoms. The van der Waals surface area contributed by atoms with Gasteiger partial charge < -0.3 is 5.32 Å². The molecule has 0 saturated carbocycles. The second kappa shape index (κ2) is 7.98. The Morgan fingerprint density at radius 3 is 2.50 bits per heavy atom. The maximum atomic E-state index is 12.2. The number of carbonyl (C=O) groups excluding carboxylic acids is 1. The molecule has 5 heteroatoms. The fourth-order valence-corrected chi connectivity index (χ4v) is 3.82. The lowest BCUT2D eigenvalue weighted by molar-refractivity contribution is -0.126. The summed E-state index contributed by atoms with van der Waals surface area (Å²) in [4.78, 5) is 14.5. The van der Waals surface area contributed by atoms with Gasteiger partial charge in [0, 0.05) is 42.9 Å². The van der Waals surface area contributed by atoms with Gasteiger partial charge >= 0.3 is 0 Å². The number of nitrogens with one attached hydrogen (secondary N) is 2. The van der Waals surface area contributed by atoms with Gasteiger partial charge in [-0.15, -0.1) is 0 Å². The van der Waals surface area contributed by atoms with E-state index < -0.39 is 0 Å². The lowest BCUT2D eigenvalue weighted by atomic mass is 9.98. The Kier molecular flexibility index (Phi) is 5.26. The molecule has 1 amide bonds. The maximum Gasteiger partial charge on any atom is 0.237 e. The van der Waals surface area contributed by atoms with E-state index in [4.69, 9.17) is 0 Å². The molecule has 3 aromatic rings. The third-order valence-electron chi connectivity index (χ3n) is 5.51.